The summed E-state index contributed by atoms with van der Waals surface area (Å²) in [6.07, 6.45) is 5.94. The molecule has 0 bridgehead atoms. The summed E-state index contributed by atoms with van der Waals surface area (Å²) in [7, 11) is 0. The van der Waals surface area contributed by atoms with Crippen LogP contribution in [0.15, 0.2) is 102 Å². The zero-order chi connectivity index (χ0) is 25.9. The van der Waals surface area contributed by atoms with Crippen molar-refractivity contribution < 1.29 is 5.79 Å². The monoisotopic (exact) mass is 482 g/mol. The first-order valence-electron chi connectivity index (χ1n) is 13.8. The Morgan fingerprint density at radius 2 is 1.59 bits per heavy atom. The van der Waals surface area contributed by atoms with E-state index in [4.69, 9.17) is 10.8 Å². The summed E-state index contributed by atoms with van der Waals surface area (Å²) < 4.78 is 15.6. The number of aromatic nitrogens is 1. The number of pyridine rings is 1. The van der Waals surface area contributed by atoms with E-state index in [1.54, 1.807) is 0 Å². The van der Waals surface area contributed by atoms with Crippen LogP contribution in [-0.4, -0.2) is 4.98 Å². The summed E-state index contributed by atoms with van der Waals surface area (Å²) in [5, 5.41) is 4.68. The van der Waals surface area contributed by atoms with Gasteiger partial charge in [-0.1, -0.05) is 80.6 Å². The van der Waals surface area contributed by atoms with Crippen molar-refractivity contribution in [2.45, 2.75) is 45.4 Å². The van der Waals surface area contributed by atoms with Crippen LogP contribution in [-0.2, 0) is 0 Å². The van der Waals surface area contributed by atoms with E-state index in [2.05, 4.69) is 105 Å². The lowest BCUT2D eigenvalue weighted by Gasteiger charge is -2.34. The highest BCUT2D eigenvalue weighted by Crippen LogP contribution is 2.43. The van der Waals surface area contributed by atoms with Crippen LogP contribution >= 0.6 is 0 Å². The molecule has 7 rings (SSSR count). The van der Waals surface area contributed by atoms with Crippen LogP contribution in [0.1, 0.15) is 52.4 Å². The lowest BCUT2D eigenvalue weighted by atomic mass is 9.71. The van der Waals surface area contributed by atoms with Gasteiger partial charge in [0.2, 0.25) is 0 Å². The van der Waals surface area contributed by atoms with Crippen molar-refractivity contribution in [3.8, 4) is 22.4 Å². The van der Waals surface area contributed by atoms with Gasteiger partial charge in [-0.15, -0.1) is 0 Å². The van der Waals surface area contributed by atoms with Gasteiger partial charge in [0, 0.05) is 23.9 Å². The van der Waals surface area contributed by atoms with Crippen LogP contribution in [0.5, 0.6) is 0 Å². The maximum Gasteiger partial charge on any atom is 0.144 e. The van der Waals surface area contributed by atoms with Crippen molar-refractivity contribution in [1.82, 2.24) is 4.98 Å². The molecule has 2 heteroatoms. The van der Waals surface area contributed by atoms with E-state index in [9.17, 15) is 0 Å². The number of furan rings is 1. The molecule has 4 aromatic carbocycles. The van der Waals surface area contributed by atoms with Gasteiger partial charge in [0.1, 0.15) is 11.2 Å². The molecular formula is C35H31NO. The fourth-order valence-electron chi connectivity index (χ4n) is 5.94. The summed E-state index contributed by atoms with van der Waals surface area (Å²) in [6.45, 7) is 4.65. The lowest BCUT2D eigenvalue weighted by molar-refractivity contribution is 0.224. The van der Waals surface area contributed by atoms with Crippen LogP contribution in [0.3, 0.4) is 0 Å². The molecule has 0 amide bonds. The molecular weight excluding hydrogens is 450 g/mol. The molecule has 2 heterocycles. The first-order valence-corrected chi connectivity index (χ1v) is 13.3. The Balaban J connectivity index is 1.27. The highest BCUT2D eigenvalue weighted by atomic mass is 16.3. The molecule has 0 spiro atoms. The largest absolute Gasteiger partial charge is 0.455 e. The first kappa shape index (κ1) is 21.2. The van der Waals surface area contributed by atoms with Gasteiger partial charge in [0.25, 0.3) is 0 Å². The smallest absolute Gasteiger partial charge is 0.144 e. The van der Waals surface area contributed by atoms with Crippen molar-refractivity contribution in [2.75, 3.05) is 0 Å². The predicted octanol–water partition coefficient (Wildman–Crippen LogP) is 10.2. The molecule has 1 aliphatic rings. The second kappa shape index (κ2) is 8.59. The third-order valence-corrected chi connectivity index (χ3v) is 8.26. The Bertz CT molecular complexity index is 1800. The van der Waals surface area contributed by atoms with Crippen molar-refractivity contribution in [1.29, 1.82) is 0 Å². The van der Waals surface area contributed by atoms with Crippen molar-refractivity contribution in [2.24, 2.45) is 5.41 Å². The Morgan fingerprint density at radius 3 is 2.43 bits per heavy atom. The molecule has 1 aliphatic carbocycles. The molecule has 0 atom stereocenters. The average molecular weight is 483 g/mol. The number of fused-ring (bicyclic) bond motifs is 5. The summed E-state index contributed by atoms with van der Waals surface area (Å²) in [5.41, 5.74) is 7.40. The molecule has 0 saturated heterocycles. The maximum absolute atomic E-state index is 9.11. The zero-order valence-electron chi connectivity index (χ0n) is 22.4. The van der Waals surface area contributed by atoms with E-state index in [1.165, 1.54) is 10.8 Å². The normalized spacial score (nSPS) is 17.3. The third-order valence-electron chi connectivity index (χ3n) is 8.26. The van der Waals surface area contributed by atoms with Crippen molar-refractivity contribution >= 4 is 32.7 Å². The second-order valence-corrected chi connectivity index (χ2v) is 11.2. The highest BCUT2D eigenvalue weighted by Gasteiger charge is 2.27. The van der Waals surface area contributed by atoms with Crippen LogP contribution in [0.2, 0.25) is 0 Å². The summed E-state index contributed by atoms with van der Waals surface area (Å²) in [4.78, 5) is 4.74. The molecule has 0 radical (unpaired) electrons. The van der Waals surface area contributed by atoms with Gasteiger partial charge in [0.05, 0.1) is 5.69 Å². The molecule has 0 aliphatic heterocycles. The molecule has 2 aromatic heterocycles. The Kier molecular flexibility index (Phi) is 4.92. The van der Waals surface area contributed by atoms with Crippen LogP contribution in [0.25, 0.3) is 55.1 Å². The van der Waals surface area contributed by atoms with Gasteiger partial charge >= 0.3 is 0 Å². The number of hydrogen-bond acceptors (Lipinski definition) is 2. The lowest BCUT2D eigenvalue weighted by Crippen LogP contribution is -2.20. The molecule has 182 valence electrons. The number of rotatable bonds is 3. The number of para-hydroxylation sites is 1. The molecule has 6 aromatic rings. The fourth-order valence-corrected chi connectivity index (χ4v) is 5.94. The minimum Gasteiger partial charge on any atom is -0.455 e. The van der Waals surface area contributed by atoms with Gasteiger partial charge < -0.3 is 4.42 Å². The highest BCUT2D eigenvalue weighted by molar-refractivity contribution is 6.20. The minimum atomic E-state index is -0.474. The summed E-state index contributed by atoms with van der Waals surface area (Å²) in [6, 6.07) is 31.8. The molecule has 37 heavy (non-hydrogen) atoms. The molecule has 2 nitrogen and oxygen atoms in total. The van der Waals surface area contributed by atoms with Crippen molar-refractivity contribution in [3.63, 3.8) is 0 Å². The van der Waals surface area contributed by atoms with E-state index < -0.39 is 5.89 Å². The van der Waals surface area contributed by atoms with E-state index in [-0.39, 0.29) is 0 Å². The summed E-state index contributed by atoms with van der Waals surface area (Å²) >= 11 is 0. The Hall–Kier alpha value is -3.91. The second-order valence-electron chi connectivity index (χ2n) is 11.2. The van der Waals surface area contributed by atoms with E-state index >= 15 is 0 Å². The Morgan fingerprint density at radius 1 is 0.811 bits per heavy atom. The third kappa shape index (κ3) is 3.92. The van der Waals surface area contributed by atoms with Gasteiger partial charge in [-0.3, -0.25) is 4.98 Å². The average Bonchev–Trinajstić information content (AvgIpc) is 3.34. The number of hydrogen-bond donors (Lipinski definition) is 0. The van der Waals surface area contributed by atoms with Crippen LogP contribution < -0.4 is 0 Å². The van der Waals surface area contributed by atoms with Gasteiger partial charge in [0.15, 0.2) is 0 Å². The first-order chi connectivity index (χ1) is 18.4. The molecule has 0 unspecified atom stereocenters. The molecule has 1 saturated carbocycles. The zero-order valence-corrected chi connectivity index (χ0v) is 21.4. The quantitative estimate of drug-likeness (QED) is 0.251. The van der Waals surface area contributed by atoms with Crippen LogP contribution in [0.4, 0.5) is 0 Å². The number of nitrogens with zero attached hydrogens (tertiary/aromatic N) is 1. The minimum absolute atomic E-state index is 0.355. The van der Waals surface area contributed by atoms with Gasteiger partial charge in [-0.05, 0) is 88.7 Å². The maximum atomic E-state index is 9.11. The predicted molar refractivity (Wildman–Crippen MR) is 155 cm³/mol. The van der Waals surface area contributed by atoms with Gasteiger partial charge in [-0.2, -0.15) is 0 Å². The number of benzene rings is 4. The standard InChI is InChI=1S/C35H31NO/c1-35(2)19-16-25(17-20-35)23-10-12-24(13-11-23)27-18-21-36-31(22-27)29-8-5-9-30-33-28-7-4-3-6-26(28)14-15-32(33)37-34(29)30/h3-15,18,21-22,25H,16-17,19-20H2,1-2H3/i25D. The van der Waals surface area contributed by atoms with E-state index in [0.29, 0.717) is 5.41 Å². The van der Waals surface area contributed by atoms with E-state index in [1.807, 2.05) is 6.20 Å². The summed E-state index contributed by atoms with van der Waals surface area (Å²) in [5.74, 6) is -0.474. The topological polar surface area (TPSA) is 26.0 Å². The molecule has 1 fully saturated rings. The van der Waals surface area contributed by atoms with Crippen LogP contribution in [0, 0.1) is 5.41 Å². The fraction of sp³-hybridized carbons (Fsp3) is 0.229. The molecule has 0 N–H and O–H groups in total. The Labute approximate surface area is 219 Å². The SMILES string of the molecule is [2H]C1(c2ccc(-c3ccnc(-c4cccc5c4oc4ccc6ccccc6c45)c3)cc2)CCC(C)(C)CC1. The van der Waals surface area contributed by atoms with Gasteiger partial charge in [-0.25, -0.2) is 0 Å². The van der Waals surface area contributed by atoms with Crippen molar-refractivity contribution in [3.05, 3.63) is 103 Å². The van der Waals surface area contributed by atoms with E-state index in [0.717, 1.165) is 75.6 Å².